The number of hydrogen-bond acceptors (Lipinski definition) is 6. The summed E-state index contributed by atoms with van der Waals surface area (Å²) in [6.45, 7) is 10.0. The summed E-state index contributed by atoms with van der Waals surface area (Å²) < 4.78 is 1.82. The quantitative estimate of drug-likeness (QED) is 0.853. The molecular weight excluding hydrogens is 278 g/mol. The molecule has 0 aromatic carbocycles. The van der Waals surface area contributed by atoms with Crippen LogP contribution in [-0.2, 0) is 7.05 Å². The number of aromatic nitrogens is 5. The Labute approximate surface area is 131 Å². The topological polar surface area (TPSA) is 63.0 Å². The number of piperazine rings is 1. The van der Waals surface area contributed by atoms with Gasteiger partial charge in [-0.3, -0.25) is 0 Å². The molecule has 0 unspecified atom stereocenters. The molecule has 0 radical (unpaired) electrons. The van der Waals surface area contributed by atoms with Crippen LogP contribution in [0, 0.1) is 6.92 Å². The highest BCUT2D eigenvalue weighted by Crippen LogP contribution is 2.20. The van der Waals surface area contributed by atoms with Crippen LogP contribution in [-0.4, -0.2) is 50.9 Å². The molecule has 2 aromatic rings. The van der Waals surface area contributed by atoms with Crippen LogP contribution in [0.25, 0.3) is 0 Å². The van der Waals surface area contributed by atoms with E-state index in [-0.39, 0.29) is 0 Å². The molecule has 0 atom stereocenters. The minimum absolute atomic E-state index is 0.346. The summed E-state index contributed by atoms with van der Waals surface area (Å²) in [7, 11) is 1.93. The van der Waals surface area contributed by atoms with Crippen LogP contribution in [0.3, 0.4) is 0 Å². The summed E-state index contributed by atoms with van der Waals surface area (Å²) in [5, 5.41) is 4.14. The molecule has 118 valence electrons. The van der Waals surface area contributed by atoms with Gasteiger partial charge in [0.05, 0.1) is 0 Å². The van der Waals surface area contributed by atoms with Crippen LogP contribution < -0.4 is 9.80 Å². The lowest BCUT2D eigenvalue weighted by molar-refractivity contribution is 0.611. The fourth-order valence-electron chi connectivity index (χ4n) is 2.71. The summed E-state index contributed by atoms with van der Waals surface area (Å²) in [4.78, 5) is 18.2. The van der Waals surface area contributed by atoms with Gasteiger partial charge in [0.2, 0.25) is 5.95 Å². The van der Waals surface area contributed by atoms with Gasteiger partial charge in [0.1, 0.15) is 18.0 Å². The third-order valence-corrected chi connectivity index (χ3v) is 3.95. The number of rotatable bonds is 3. The van der Waals surface area contributed by atoms with Crippen LogP contribution in [0.2, 0.25) is 0 Å². The Bertz CT molecular complexity index is 641. The second-order valence-corrected chi connectivity index (χ2v) is 6.04. The average Bonchev–Trinajstić information content (AvgIpc) is 2.93. The van der Waals surface area contributed by atoms with Crippen molar-refractivity contribution in [3.05, 3.63) is 23.9 Å². The van der Waals surface area contributed by atoms with Crippen LogP contribution in [0.5, 0.6) is 0 Å². The highest BCUT2D eigenvalue weighted by Gasteiger charge is 2.21. The predicted octanol–water partition coefficient (Wildman–Crippen LogP) is 1.36. The molecule has 1 aliphatic heterocycles. The smallest absolute Gasteiger partial charge is 0.223 e. The van der Waals surface area contributed by atoms with Crippen molar-refractivity contribution in [3.8, 4) is 0 Å². The van der Waals surface area contributed by atoms with Crippen LogP contribution in [0.4, 0.5) is 11.8 Å². The highest BCUT2D eigenvalue weighted by atomic mass is 15.4. The van der Waals surface area contributed by atoms with Gasteiger partial charge in [0, 0.05) is 50.9 Å². The Kier molecular flexibility index (Phi) is 3.96. The van der Waals surface area contributed by atoms with E-state index in [0.29, 0.717) is 5.92 Å². The first kappa shape index (κ1) is 14.7. The maximum Gasteiger partial charge on any atom is 0.223 e. The van der Waals surface area contributed by atoms with Gasteiger partial charge in [-0.15, -0.1) is 0 Å². The molecule has 1 fully saturated rings. The number of anilines is 2. The van der Waals surface area contributed by atoms with E-state index in [2.05, 4.69) is 44.8 Å². The van der Waals surface area contributed by atoms with Gasteiger partial charge in [0.25, 0.3) is 0 Å². The van der Waals surface area contributed by atoms with E-state index in [1.54, 1.807) is 6.33 Å². The second-order valence-electron chi connectivity index (χ2n) is 6.04. The number of aryl methyl sites for hydroxylation is 2. The number of hydrogen-bond donors (Lipinski definition) is 0. The van der Waals surface area contributed by atoms with Gasteiger partial charge < -0.3 is 9.80 Å². The van der Waals surface area contributed by atoms with Gasteiger partial charge in [0.15, 0.2) is 0 Å². The SMILES string of the molecule is Cc1cc(N2CCN(c3ncnn3C)CC2)nc(C(C)C)n1. The first-order valence-corrected chi connectivity index (χ1v) is 7.74. The van der Waals surface area contributed by atoms with E-state index in [4.69, 9.17) is 4.98 Å². The molecule has 22 heavy (non-hydrogen) atoms. The molecule has 1 saturated heterocycles. The summed E-state index contributed by atoms with van der Waals surface area (Å²) in [6, 6.07) is 2.07. The van der Waals surface area contributed by atoms with Crippen molar-refractivity contribution < 1.29 is 0 Å². The Morgan fingerprint density at radius 3 is 2.32 bits per heavy atom. The van der Waals surface area contributed by atoms with Crippen molar-refractivity contribution in [1.82, 2.24) is 24.7 Å². The molecule has 0 saturated carbocycles. The van der Waals surface area contributed by atoms with E-state index < -0.39 is 0 Å². The molecular formula is C15H23N7. The molecule has 0 N–H and O–H groups in total. The first-order valence-electron chi connectivity index (χ1n) is 7.74. The minimum Gasteiger partial charge on any atom is -0.353 e. The van der Waals surface area contributed by atoms with Gasteiger partial charge in [-0.2, -0.15) is 10.1 Å². The Hall–Kier alpha value is -2.18. The zero-order valence-corrected chi connectivity index (χ0v) is 13.7. The molecule has 3 rings (SSSR count). The van der Waals surface area contributed by atoms with Crippen molar-refractivity contribution in [2.45, 2.75) is 26.7 Å². The predicted molar refractivity (Wildman–Crippen MR) is 86.3 cm³/mol. The molecule has 3 heterocycles. The summed E-state index contributed by atoms with van der Waals surface area (Å²) in [6.07, 6.45) is 1.60. The third-order valence-electron chi connectivity index (χ3n) is 3.95. The standard InChI is InChI=1S/C15H23N7/c1-11(2)14-18-12(3)9-13(19-14)21-5-7-22(8-6-21)15-16-10-17-20(15)4/h9-11H,5-8H2,1-4H3. The molecule has 0 spiro atoms. The fraction of sp³-hybridized carbons (Fsp3) is 0.600. The van der Waals surface area contributed by atoms with E-state index in [0.717, 1.165) is 49.5 Å². The van der Waals surface area contributed by atoms with E-state index in [9.17, 15) is 0 Å². The van der Waals surface area contributed by atoms with Crippen molar-refractivity contribution in [2.75, 3.05) is 36.0 Å². The summed E-state index contributed by atoms with van der Waals surface area (Å²) in [5.41, 5.74) is 1.03. The van der Waals surface area contributed by atoms with Gasteiger partial charge in [-0.1, -0.05) is 13.8 Å². The van der Waals surface area contributed by atoms with Crippen molar-refractivity contribution >= 4 is 11.8 Å². The average molecular weight is 301 g/mol. The molecule has 1 aliphatic rings. The Morgan fingerprint density at radius 1 is 1.05 bits per heavy atom. The van der Waals surface area contributed by atoms with Crippen LogP contribution in [0.15, 0.2) is 12.4 Å². The summed E-state index contributed by atoms with van der Waals surface area (Å²) in [5.74, 6) is 3.24. The fourth-order valence-corrected chi connectivity index (χ4v) is 2.71. The molecule has 0 bridgehead atoms. The zero-order valence-electron chi connectivity index (χ0n) is 13.7. The zero-order chi connectivity index (χ0) is 15.7. The monoisotopic (exact) mass is 301 g/mol. The Balaban J connectivity index is 1.73. The lowest BCUT2D eigenvalue weighted by Crippen LogP contribution is -2.47. The minimum atomic E-state index is 0.346. The highest BCUT2D eigenvalue weighted by molar-refractivity contribution is 5.43. The number of nitrogens with zero attached hydrogens (tertiary/aromatic N) is 7. The third kappa shape index (κ3) is 2.88. The largest absolute Gasteiger partial charge is 0.353 e. The van der Waals surface area contributed by atoms with Gasteiger partial charge >= 0.3 is 0 Å². The van der Waals surface area contributed by atoms with E-state index in [1.165, 1.54) is 0 Å². The maximum atomic E-state index is 4.73. The van der Waals surface area contributed by atoms with Crippen LogP contribution in [0.1, 0.15) is 31.3 Å². The van der Waals surface area contributed by atoms with E-state index in [1.807, 2.05) is 18.7 Å². The van der Waals surface area contributed by atoms with Gasteiger partial charge in [-0.05, 0) is 6.92 Å². The molecule has 7 nitrogen and oxygen atoms in total. The van der Waals surface area contributed by atoms with Crippen molar-refractivity contribution in [1.29, 1.82) is 0 Å². The molecule has 0 aliphatic carbocycles. The van der Waals surface area contributed by atoms with Crippen molar-refractivity contribution in [2.24, 2.45) is 7.05 Å². The molecule has 7 heteroatoms. The second kappa shape index (κ2) is 5.90. The summed E-state index contributed by atoms with van der Waals surface area (Å²) >= 11 is 0. The molecule has 0 amide bonds. The lowest BCUT2D eigenvalue weighted by Gasteiger charge is -2.35. The van der Waals surface area contributed by atoms with Crippen molar-refractivity contribution in [3.63, 3.8) is 0 Å². The Morgan fingerprint density at radius 2 is 1.73 bits per heavy atom. The van der Waals surface area contributed by atoms with Gasteiger partial charge in [-0.25, -0.2) is 14.6 Å². The molecule has 2 aromatic heterocycles. The lowest BCUT2D eigenvalue weighted by atomic mass is 10.2. The normalized spacial score (nSPS) is 15.7. The van der Waals surface area contributed by atoms with Crippen LogP contribution >= 0.6 is 0 Å². The maximum absolute atomic E-state index is 4.73. The first-order chi connectivity index (χ1) is 10.5. The van der Waals surface area contributed by atoms with E-state index >= 15 is 0 Å².